The second-order valence-corrected chi connectivity index (χ2v) is 5.47. The van der Waals surface area contributed by atoms with E-state index in [9.17, 15) is 18.0 Å². The Hall–Kier alpha value is -2.32. The lowest BCUT2D eigenvalue weighted by Crippen LogP contribution is -2.27. The summed E-state index contributed by atoms with van der Waals surface area (Å²) in [6, 6.07) is 0.766. The summed E-state index contributed by atoms with van der Waals surface area (Å²) in [7, 11) is 4.48. The van der Waals surface area contributed by atoms with E-state index < -0.39 is 17.8 Å². The zero-order valence-corrected chi connectivity index (χ0v) is 13.6. The van der Waals surface area contributed by atoms with Crippen molar-refractivity contribution in [3.05, 3.63) is 34.4 Å². The van der Waals surface area contributed by atoms with E-state index in [0.717, 1.165) is 30.1 Å². The standard InChI is InChI=1S/C14H18F3N5O/c1-8-10(9(2)21(4)18-8)7-20(3)13(23)11-6-12(14(15,16)17)22(5)19-11/h6H,7H2,1-5H3. The largest absolute Gasteiger partial charge is 0.433 e. The highest BCUT2D eigenvalue weighted by Gasteiger charge is 2.36. The highest BCUT2D eigenvalue weighted by atomic mass is 19.4. The fourth-order valence-corrected chi connectivity index (χ4v) is 2.39. The highest BCUT2D eigenvalue weighted by Crippen LogP contribution is 2.29. The number of nitrogens with zero attached hydrogens (tertiary/aromatic N) is 5. The fraction of sp³-hybridized carbons (Fsp3) is 0.500. The average molecular weight is 329 g/mol. The van der Waals surface area contributed by atoms with Gasteiger partial charge in [0.05, 0.1) is 5.69 Å². The number of carbonyl (C=O) groups excluding carboxylic acids is 1. The van der Waals surface area contributed by atoms with Gasteiger partial charge in [0.15, 0.2) is 5.69 Å². The Morgan fingerprint density at radius 2 is 1.83 bits per heavy atom. The quantitative estimate of drug-likeness (QED) is 0.866. The van der Waals surface area contributed by atoms with Gasteiger partial charge in [-0.25, -0.2) is 0 Å². The number of hydrogen-bond donors (Lipinski definition) is 0. The van der Waals surface area contributed by atoms with Crippen molar-refractivity contribution < 1.29 is 18.0 Å². The normalized spacial score (nSPS) is 11.8. The molecule has 0 bridgehead atoms. The molecule has 0 radical (unpaired) electrons. The number of aromatic nitrogens is 4. The van der Waals surface area contributed by atoms with Crippen molar-refractivity contribution in [2.24, 2.45) is 14.1 Å². The molecule has 0 aliphatic rings. The summed E-state index contributed by atoms with van der Waals surface area (Å²) >= 11 is 0. The van der Waals surface area contributed by atoms with Crippen molar-refractivity contribution in [2.45, 2.75) is 26.6 Å². The number of amides is 1. The maximum absolute atomic E-state index is 12.8. The smallest absolute Gasteiger partial charge is 0.336 e. The predicted octanol–water partition coefficient (Wildman–Crippen LogP) is 2.06. The van der Waals surface area contributed by atoms with Crippen molar-refractivity contribution in [1.29, 1.82) is 0 Å². The Morgan fingerprint density at radius 3 is 2.26 bits per heavy atom. The van der Waals surface area contributed by atoms with Crippen molar-refractivity contribution >= 4 is 5.91 Å². The van der Waals surface area contributed by atoms with Gasteiger partial charge in [0.1, 0.15) is 5.69 Å². The molecule has 126 valence electrons. The molecule has 0 saturated carbocycles. The monoisotopic (exact) mass is 329 g/mol. The van der Waals surface area contributed by atoms with Crippen LogP contribution in [0.3, 0.4) is 0 Å². The van der Waals surface area contributed by atoms with Crippen LogP contribution in [0.5, 0.6) is 0 Å². The van der Waals surface area contributed by atoms with Crippen molar-refractivity contribution in [2.75, 3.05) is 7.05 Å². The zero-order valence-electron chi connectivity index (χ0n) is 13.6. The molecule has 2 aromatic rings. The summed E-state index contributed by atoms with van der Waals surface area (Å²) in [5, 5.41) is 7.93. The number of carbonyl (C=O) groups is 1. The topological polar surface area (TPSA) is 56.0 Å². The average Bonchev–Trinajstić information content (AvgIpc) is 2.93. The molecule has 2 aromatic heterocycles. The number of alkyl halides is 3. The molecule has 2 rings (SSSR count). The highest BCUT2D eigenvalue weighted by molar-refractivity contribution is 5.92. The Balaban J connectivity index is 2.24. The van der Waals surface area contributed by atoms with Gasteiger partial charge in [0, 0.05) is 45.0 Å². The molecule has 2 heterocycles. The molecule has 0 unspecified atom stereocenters. The fourth-order valence-electron chi connectivity index (χ4n) is 2.39. The zero-order chi connectivity index (χ0) is 17.5. The third-order valence-corrected chi connectivity index (χ3v) is 3.79. The summed E-state index contributed by atoms with van der Waals surface area (Å²) in [4.78, 5) is 13.7. The van der Waals surface area contributed by atoms with E-state index in [0.29, 0.717) is 4.68 Å². The van der Waals surface area contributed by atoms with E-state index in [2.05, 4.69) is 10.2 Å². The molecule has 1 amide bonds. The molecule has 0 aliphatic heterocycles. The van der Waals surface area contributed by atoms with Crippen LogP contribution in [0.15, 0.2) is 6.07 Å². The molecule has 0 saturated heterocycles. The van der Waals surface area contributed by atoms with Gasteiger partial charge < -0.3 is 4.90 Å². The van der Waals surface area contributed by atoms with Crippen LogP contribution in [0.1, 0.15) is 33.1 Å². The van der Waals surface area contributed by atoms with Crippen LogP contribution < -0.4 is 0 Å². The number of halogens is 3. The first kappa shape index (κ1) is 17.0. The molecular formula is C14H18F3N5O. The number of aryl methyl sites for hydroxylation is 3. The summed E-state index contributed by atoms with van der Waals surface area (Å²) in [5.41, 5.74) is 1.36. The molecule has 0 spiro atoms. The van der Waals surface area contributed by atoms with Crippen LogP contribution in [0.25, 0.3) is 0 Å². The van der Waals surface area contributed by atoms with Gasteiger partial charge in [-0.2, -0.15) is 23.4 Å². The number of hydrogen-bond acceptors (Lipinski definition) is 3. The number of rotatable bonds is 3. The lowest BCUT2D eigenvalue weighted by atomic mass is 10.2. The maximum atomic E-state index is 12.8. The predicted molar refractivity (Wildman–Crippen MR) is 76.7 cm³/mol. The minimum atomic E-state index is -4.55. The minimum Gasteiger partial charge on any atom is -0.336 e. The Morgan fingerprint density at radius 1 is 1.22 bits per heavy atom. The molecule has 0 aliphatic carbocycles. The van der Waals surface area contributed by atoms with Crippen LogP contribution in [0.4, 0.5) is 13.2 Å². The van der Waals surface area contributed by atoms with Crippen molar-refractivity contribution in [3.63, 3.8) is 0 Å². The Bertz CT molecular complexity index is 744. The van der Waals surface area contributed by atoms with Crippen LogP contribution in [-0.2, 0) is 26.8 Å². The second-order valence-electron chi connectivity index (χ2n) is 5.47. The van der Waals surface area contributed by atoms with E-state index in [1.807, 2.05) is 13.8 Å². The molecular weight excluding hydrogens is 311 g/mol. The molecule has 23 heavy (non-hydrogen) atoms. The van der Waals surface area contributed by atoms with Gasteiger partial charge in [-0.3, -0.25) is 14.2 Å². The summed E-state index contributed by atoms with van der Waals surface area (Å²) in [5.74, 6) is -0.571. The maximum Gasteiger partial charge on any atom is 0.433 e. The van der Waals surface area contributed by atoms with E-state index in [1.165, 1.54) is 11.9 Å². The van der Waals surface area contributed by atoms with Crippen LogP contribution in [0, 0.1) is 13.8 Å². The molecule has 6 nitrogen and oxygen atoms in total. The first-order chi connectivity index (χ1) is 10.5. The Kier molecular flexibility index (Phi) is 4.23. The van der Waals surface area contributed by atoms with Gasteiger partial charge in [-0.15, -0.1) is 0 Å². The third-order valence-electron chi connectivity index (χ3n) is 3.79. The molecule has 0 N–H and O–H groups in total. The minimum absolute atomic E-state index is 0.235. The summed E-state index contributed by atoms with van der Waals surface area (Å²) in [6.45, 7) is 3.95. The first-order valence-electron chi connectivity index (χ1n) is 6.88. The van der Waals surface area contributed by atoms with Crippen LogP contribution >= 0.6 is 0 Å². The molecule has 0 aromatic carbocycles. The lowest BCUT2D eigenvalue weighted by Gasteiger charge is -2.16. The molecule has 0 fully saturated rings. The molecule has 9 heteroatoms. The van der Waals surface area contributed by atoms with E-state index in [-0.39, 0.29) is 12.2 Å². The van der Waals surface area contributed by atoms with Gasteiger partial charge in [-0.1, -0.05) is 0 Å². The third kappa shape index (κ3) is 3.22. The van der Waals surface area contributed by atoms with E-state index in [4.69, 9.17) is 0 Å². The summed E-state index contributed by atoms with van der Waals surface area (Å²) in [6.07, 6.45) is -4.55. The van der Waals surface area contributed by atoms with Gasteiger partial charge in [-0.05, 0) is 13.8 Å². The SMILES string of the molecule is Cc1nn(C)c(C)c1CN(C)C(=O)c1cc(C(F)(F)F)n(C)n1. The lowest BCUT2D eigenvalue weighted by molar-refractivity contribution is -0.143. The summed E-state index contributed by atoms with van der Waals surface area (Å²) < 4.78 is 40.7. The van der Waals surface area contributed by atoms with Gasteiger partial charge >= 0.3 is 6.18 Å². The van der Waals surface area contributed by atoms with E-state index in [1.54, 1.807) is 11.7 Å². The molecule has 0 atom stereocenters. The van der Waals surface area contributed by atoms with E-state index >= 15 is 0 Å². The second kappa shape index (κ2) is 5.71. The van der Waals surface area contributed by atoms with Crippen LogP contribution in [0.2, 0.25) is 0 Å². The Labute approximate surface area is 131 Å². The van der Waals surface area contributed by atoms with Crippen LogP contribution in [-0.4, -0.2) is 37.4 Å². The van der Waals surface area contributed by atoms with Crippen molar-refractivity contribution in [3.8, 4) is 0 Å². The van der Waals surface area contributed by atoms with Crippen molar-refractivity contribution in [1.82, 2.24) is 24.5 Å². The first-order valence-corrected chi connectivity index (χ1v) is 6.88. The van der Waals surface area contributed by atoms with Gasteiger partial charge in [0.25, 0.3) is 5.91 Å². The van der Waals surface area contributed by atoms with Gasteiger partial charge in [0.2, 0.25) is 0 Å².